The quantitative estimate of drug-likeness (QED) is 0.365. The van der Waals surface area contributed by atoms with Crippen molar-refractivity contribution in [1.29, 1.82) is 0 Å². The zero-order chi connectivity index (χ0) is 12.1. The van der Waals surface area contributed by atoms with Gasteiger partial charge in [-0.3, -0.25) is 15.1 Å². The van der Waals surface area contributed by atoms with Crippen LogP contribution in [-0.4, -0.2) is 35.6 Å². The van der Waals surface area contributed by atoms with E-state index in [-0.39, 0.29) is 18.4 Å². The lowest BCUT2D eigenvalue weighted by Crippen LogP contribution is -2.33. The summed E-state index contributed by atoms with van der Waals surface area (Å²) in [4.78, 5) is 13.2. The van der Waals surface area contributed by atoms with E-state index in [2.05, 4.69) is 0 Å². The molecule has 0 aliphatic heterocycles. The van der Waals surface area contributed by atoms with Crippen LogP contribution in [0.15, 0.2) is 16.7 Å². The average molecular weight is 227 g/mol. The van der Waals surface area contributed by atoms with E-state index in [1.54, 1.807) is 6.07 Å². The molecule has 1 rings (SSSR count). The van der Waals surface area contributed by atoms with Gasteiger partial charge in [-0.15, -0.1) is 0 Å². The third kappa shape index (κ3) is 2.82. The van der Waals surface area contributed by atoms with Crippen molar-refractivity contribution in [3.05, 3.63) is 23.7 Å². The zero-order valence-electron chi connectivity index (χ0n) is 9.43. The molecule has 0 saturated heterocycles. The number of hydrogen-bond acceptors (Lipinski definition) is 5. The molecule has 6 heteroatoms. The number of aliphatic hydroxyl groups excluding tert-OH is 1. The van der Waals surface area contributed by atoms with Crippen molar-refractivity contribution in [3.8, 4) is 0 Å². The van der Waals surface area contributed by atoms with Crippen LogP contribution in [0.2, 0.25) is 0 Å². The lowest BCUT2D eigenvalue weighted by atomic mass is 10.2. The van der Waals surface area contributed by atoms with Crippen molar-refractivity contribution in [2.75, 3.05) is 13.7 Å². The monoisotopic (exact) mass is 227 g/mol. The molecule has 1 amide bonds. The van der Waals surface area contributed by atoms with Crippen molar-refractivity contribution in [2.45, 2.75) is 19.5 Å². The van der Waals surface area contributed by atoms with Gasteiger partial charge in [-0.05, 0) is 20.0 Å². The number of nitrogens with one attached hydrogen (secondary N) is 1. The van der Waals surface area contributed by atoms with Crippen LogP contribution in [-0.2, 0) is 6.54 Å². The number of likely N-dealkylation sites (N-methyl/N-ethyl adjacent to an activating group) is 1. The number of carbonyl (C=O) groups excluding carboxylic acids is 1. The minimum absolute atomic E-state index is 0.0173. The number of nitrogen functional groups attached to an aromatic ring is 1. The van der Waals surface area contributed by atoms with E-state index in [0.29, 0.717) is 6.54 Å². The molecule has 0 spiro atoms. The van der Waals surface area contributed by atoms with Crippen LogP contribution in [0.3, 0.4) is 0 Å². The van der Waals surface area contributed by atoms with Gasteiger partial charge in [0.25, 0.3) is 0 Å². The lowest BCUT2D eigenvalue weighted by Gasteiger charge is -2.22. The van der Waals surface area contributed by atoms with Crippen molar-refractivity contribution in [3.63, 3.8) is 0 Å². The summed E-state index contributed by atoms with van der Waals surface area (Å²) in [6, 6.07) is 1.73. The Labute approximate surface area is 94.0 Å². The first-order valence-electron chi connectivity index (χ1n) is 4.98. The van der Waals surface area contributed by atoms with Gasteiger partial charge in [-0.25, -0.2) is 5.84 Å². The number of furan rings is 1. The highest BCUT2D eigenvalue weighted by molar-refractivity contribution is 5.92. The highest BCUT2D eigenvalue weighted by Gasteiger charge is 2.17. The molecular weight excluding hydrogens is 210 g/mol. The van der Waals surface area contributed by atoms with Gasteiger partial charge in [0.2, 0.25) is 0 Å². The van der Waals surface area contributed by atoms with Gasteiger partial charge in [0.1, 0.15) is 0 Å². The Kier molecular flexibility index (Phi) is 4.48. The van der Waals surface area contributed by atoms with E-state index in [1.807, 2.05) is 24.3 Å². The van der Waals surface area contributed by atoms with Crippen LogP contribution in [0.1, 0.15) is 23.0 Å². The molecule has 6 nitrogen and oxygen atoms in total. The van der Waals surface area contributed by atoms with Gasteiger partial charge in [0, 0.05) is 18.2 Å². The molecule has 0 saturated carbocycles. The first-order chi connectivity index (χ1) is 7.60. The number of rotatable bonds is 5. The number of amides is 1. The average Bonchev–Trinajstić information content (AvgIpc) is 2.74. The molecule has 1 aromatic heterocycles. The van der Waals surface area contributed by atoms with Crippen molar-refractivity contribution < 1.29 is 14.3 Å². The summed E-state index contributed by atoms with van der Waals surface area (Å²) in [5, 5.41) is 8.99. The van der Waals surface area contributed by atoms with E-state index in [1.165, 1.54) is 6.26 Å². The van der Waals surface area contributed by atoms with E-state index in [4.69, 9.17) is 15.4 Å². The molecular formula is C10H17N3O3. The van der Waals surface area contributed by atoms with E-state index in [9.17, 15) is 4.79 Å². The van der Waals surface area contributed by atoms with Crippen LogP contribution < -0.4 is 11.3 Å². The SMILES string of the molecule is CC(CO)N(C)Cc1ccoc1C(=O)NN. The molecule has 1 heterocycles. The lowest BCUT2D eigenvalue weighted by molar-refractivity contribution is 0.0921. The fraction of sp³-hybridized carbons (Fsp3) is 0.500. The summed E-state index contributed by atoms with van der Waals surface area (Å²) < 4.78 is 5.05. The minimum Gasteiger partial charge on any atom is -0.459 e. The first kappa shape index (κ1) is 12.7. The highest BCUT2D eigenvalue weighted by atomic mass is 16.3. The molecule has 1 unspecified atom stereocenters. The van der Waals surface area contributed by atoms with Crippen LogP contribution in [0.5, 0.6) is 0 Å². The van der Waals surface area contributed by atoms with E-state index >= 15 is 0 Å². The van der Waals surface area contributed by atoms with Gasteiger partial charge in [-0.1, -0.05) is 0 Å². The second-order valence-electron chi connectivity index (χ2n) is 3.70. The molecule has 1 aromatic rings. The molecule has 1 atom stereocenters. The summed E-state index contributed by atoms with van der Waals surface area (Å²) in [7, 11) is 1.86. The van der Waals surface area contributed by atoms with Gasteiger partial charge < -0.3 is 9.52 Å². The zero-order valence-corrected chi connectivity index (χ0v) is 9.43. The second-order valence-corrected chi connectivity index (χ2v) is 3.70. The first-order valence-corrected chi connectivity index (χ1v) is 4.98. The van der Waals surface area contributed by atoms with Crippen molar-refractivity contribution >= 4 is 5.91 Å². The van der Waals surface area contributed by atoms with E-state index in [0.717, 1.165) is 5.56 Å². The Balaban J connectivity index is 2.74. The third-order valence-corrected chi connectivity index (χ3v) is 2.52. The summed E-state index contributed by atoms with van der Waals surface area (Å²) >= 11 is 0. The minimum atomic E-state index is -0.454. The predicted molar refractivity (Wildman–Crippen MR) is 58.4 cm³/mol. The summed E-state index contributed by atoms with van der Waals surface area (Å²) in [6.45, 7) is 2.47. The molecule has 90 valence electrons. The molecule has 0 aliphatic rings. The maximum Gasteiger partial charge on any atom is 0.301 e. The van der Waals surface area contributed by atoms with Crippen LogP contribution in [0.4, 0.5) is 0 Å². The highest BCUT2D eigenvalue weighted by Crippen LogP contribution is 2.13. The predicted octanol–water partition coefficient (Wildman–Crippen LogP) is -0.304. The Bertz CT molecular complexity index is 351. The standard InChI is InChI=1S/C10H17N3O3/c1-7(6-14)13(2)5-8-3-4-16-9(8)10(15)12-11/h3-4,7,14H,5-6,11H2,1-2H3,(H,12,15). The maximum absolute atomic E-state index is 11.3. The number of aliphatic hydroxyl groups is 1. The third-order valence-electron chi connectivity index (χ3n) is 2.52. The summed E-state index contributed by atoms with van der Waals surface area (Å²) in [5.74, 6) is 4.79. The smallest absolute Gasteiger partial charge is 0.301 e. The normalized spacial score (nSPS) is 12.8. The maximum atomic E-state index is 11.3. The molecule has 4 N–H and O–H groups in total. The number of nitrogens with zero attached hydrogens (tertiary/aromatic N) is 1. The van der Waals surface area contributed by atoms with Crippen molar-refractivity contribution in [1.82, 2.24) is 10.3 Å². The van der Waals surface area contributed by atoms with E-state index < -0.39 is 5.91 Å². The number of hydrogen-bond donors (Lipinski definition) is 3. The van der Waals surface area contributed by atoms with Crippen LogP contribution in [0, 0.1) is 0 Å². The Morgan fingerprint density at radius 3 is 3.00 bits per heavy atom. The van der Waals surface area contributed by atoms with Gasteiger partial charge in [0.05, 0.1) is 12.9 Å². The second kappa shape index (κ2) is 5.64. The number of nitrogens with two attached hydrogens (primary N) is 1. The molecule has 0 aromatic carbocycles. The summed E-state index contributed by atoms with van der Waals surface area (Å²) in [5.41, 5.74) is 2.77. The largest absolute Gasteiger partial charge is 0.459 e. The molecule has 0 fully saturated rings. The topological polar surface area (TPSA) is 91.7 Å². The molecule has 16 heavy (non-hydrogen) atoms. The van der Waals surface area contributed by atoms with Gasteiger partial charge >= 0.3 is 5.91 Å². The fourth-order valence-corrected chi connectivity index (χ4v) is 1.29. The number of carbonyl (C=O) groups is 1. The Morgan fingerprint density at radius 2 is 2.44 bits per heavy atom. The van der Waals surface area contributed by atoms with Crippen molar-refractivity contribution in [2.24, 2.45) is 5.84 Å². The fourth-order valence-electron chi connectivity index (χ4n) is 1.29. The number of hydrazine groups is 1. The van der Waals surface area contributed by atoms with Gasteiger partial charge in [0.15, 0.2) is 5.76 Å². The van der Waals surface area contributed by atoms with Crippen LogP contribution >= 0.6 is 0 Å². The van der Waals surface area contributed by atoms with Crippen LogP contribution in [0.25, 0.3) is 0 Å². The molecule has 0 radical (unpaired) electrons. The van der Waals surface area contributed by atoms with Gasteiger partial charge in [-0.2, -0.15) is 0 Å². The Morgan fingerprint density at radius 1 is 1.75 bits per heavy atom. The summed E-state index contributed by atoms with van der Waals surface area (Å²) in [6.07, 6.45) is 1.44. The Hall–Kier alpha value is -1.37. The molecule has 0 aliphatic carbocycles. The molecule has 0 bridgehead atoms.